The maximum absolute atomic E-state index is 10.1. The third-order valence-electron chi connectivity index (χ3n) is 4.03. The van der Waals surface area contributed by atoms with Gasteiger partial charge in [-0.2, -0.15) is 5.10 Å². The molecule has 0 radical (unpaired) electrons. The topological polar surface area (TPSA) is 41.3 Å². The van der Waals surface area contributed by atoms with Gasteiger partial charge in [0, 0.05) is 20.1 Å². The summed E-state index contributed by atoms with van der Waals surface area (Å²) < 4.78 is 1.89. The van der Waals surface area contributed by atoms with Gasteiger partial charge >= 0.3 is 0 Å². The predicted octanol–water partition coefficient (Wildman–Crippen LogP) is 2.37. The quantitative estimate of drug-likeness (QED) is 0.927. The number of aromatic nitrogens is 2. The van der Waals surface area contributed by atoms with E-state index >= 15 is 0 Å². The number of hydrogen-bond acceptors (Lipinski definition) is 3. The van der Waals surface area contributed by atoms with E-state index in [1.165, 1.54) is 0 Å². The van der Waals surface area contributed by atoms with Crippen LogP contribution in [0, 0.1) is 0 Å². The Kier molecular flexibility index (Phi) is 4.54. The van der Waals surface area contributed by atoms with Gasteiger partial charge in [-0.25, -0.2) is 0 Å². The van der Waals surface area contributed by atoms with Crippen LogP contribution in [-0.2, 0) is 20.0 Å². The maximum atomic E-state index is 10.1. The van der Waals surface area contributed by atoms with E-state index in [0.717, 1.165) is 61.7 Å². The fraction of sp³-hybridized carbons (Fsp3) is 0.786. The molecule has 1 unspecified atom stereocenters. The average molecular weight is 286 g/mol. The van der Waals surface area contributed by atoms with Crippen molar-refractivity contribution in [2.75, 3.05) is 13.1 Å². The molecule has 0 aliphatic carbocycles. The molecule has 1 aromatic rings. The Labute approximate surface area is 120 Å². The number of nitrogens with zero attached hydrogens (tertiary/aromatic N) is 3. The van der Waals surface area contributed by atoms with Crippen molar-refractivity contribution in [1.82, 2.24) is 14.7 Å². The summed E-state index contributed by atoms with van der Waals surface area (Å²) in [5, 5.41) is 15.4. The molecule has 2 heterocycles. The number of rotatable bonds is 3. The zero-order valence-electron chi connectivity index (χ0n) is 12.1. The Morgan fingerprint density at radius 1 is 1.37 bits per heavy atom. The zero-order valence-corrected chi connectivity index (χ0v) is 12.9. The lowest BCUT2D eigenvalue weighted by Crippen LogP contribution is -2.28. The molecule has 1 fully saturated rings. The van der Waals surface area contributed by atoms with E-state index in [0.29, 0.717) is 0 Å². The Morgan fingerprint density at radius 3 is 2.74 bits per heavy atom. The molecule has 1 aromatic heterocycles. The second kappa shape index (κ2) is 5.81. The molecule has 108 valence electrons. The summed E-state index contributed by atoms with van der Waals surface area (Å²) >= 11 is 6.39. The molecule has 1 N–H and O–H groups in total. The highest BCUT2D eigenvalue weighted by Crippen LogP contribution is 2.25. The smallest absolute Gasteiger partial charge is 0.0863 e. The van der Waals surface area contributed by atoms with Crippen molar-refractivity contribution in [2.45, 2.75) is 51.7 Å². The van der Waals surface area contributed by atoms with Crippen molar-refractivity contribution < 1.29 is 5.11 Å². The minimum Gasteiger partial charge on any atom is -0.390 e. The number of aliphatic hydroxyl groups is 1. The van der Waals surface area contributed by atoms with Crippen LogP contribution in [0.5, 0.6) is 0 Å². The van der Waals surface area contributed by atoms with Gasteiger partial charge in [-0.3, -0.25) is 9.58 Å². The van der Waals surface area contributed by atoms with Gasteiger partial charge in [0.25, 0.3) is 0 Å². The maximum Gasteiger partial charge on any atom is 0.0863 e. The van der Waals surface area contributed by atoms with Crippen LogP contribution in [0.4, 0.5) is 0 Å². The molecule has 4 nitrogen and oxygen atoms in total. The Morgan fingerprint density at radius 2 is 2.11 bits per heavy atom. The predicted molar refractivity (Wildman–Crippen MR) is 77.3 cm³/mol. The van der Waals surface area contributed by atoms with Gasteiger partial charge < -0.3 is 5.11 Å². The molecule has 0 bridgehead atoms. The SMILES string of the molecule is CCc1nn(C)c(CN2CCCC(C)(O)CC2)c1Cl. The van der Waals surface area contributed by atoms with Crippen LogP contribution in [0.1, 0.15) is 44.5 Å². The molecule has 1 saturated heterocycles. The van der Waals surface area contributed by atoms with Gasteiger partial charge in [0.15, 0.2) is 0 Å². The highest BCUT2D eigenvalue weighted by molar-refractivity contribution is 6.31. The minimum atomic E-state index is -0.514. The normalized spacial score (nSPS) is 25.5. The van der Waals surface area contributed by atoms with E-state index in [2.05, 4.69) is 16.9 Å². The summed E-state index contributed by atoms with van der Waals surface area (Å²) in [5.74, 6) is 0. The van der Waals surface area contributed by atoms with E-state index in [1.54, 1.807) is 0 Å². The molecule has 0 spiro atoms. The standard InChI is InChI=1S/C14H24ClN3O/c1-4-11-13(15)12(17(3)16-11)10-18-8-5-6-14(2,19)7-9-18/h19H,4-10H2,1-3H3. The summed E-state index contributed by atoms with van der Waals surface area (Å²) in [5.41, 5.74) is 1.54. The van der Waals surface area contributed by atoms with Gasteiger partial charge in [0.2, 0.25) is 0 Å². The molecule has 0 aromatic carbocycles. The first kappa shape index (κ1) is 14.8. The van der Waals surface area contributed by atoms with Crippen molar-refractivity contribution in [3.05, 3.63) is 16.4 Å². The third kappa shape index (κ3) is 3.50. The summed E-state index contributed by atoms with van der Waals surface area (Å²) in [6.45, 7) is 6.75. The fourth-order valence-electron chi connectivity index (χ4n) is 2.68. The zero-order chi connectivity index (χ0) is 14.0. The molecule has 0 amide bonds. The molecule has 1 aliphatic heterocycles. The molecule has 1 aliphatic rings. The molecule has 19 heavy (non-hydrogen) atoms. The summed E-state index contributed by atoms with van der Waals surface area (Å²) in [7, 11) is 1.95. The number of aryl methyl sites for hydroxylation is 2. The monoisotopic (exact) mass is 285 g/mol. The lowest BCUT2D eigenvalue weighted by atomic mass is 9.98. The van der Waals surface area contributed by atoms with Crippen LogP contribution in [-0.4, -0.2) is 38.5 Å². The molecular formula is C14H24ClN3O. The van der Waals surface area contributed by atoms with E-state index in [-0.39, 0.29) is 0 Å². The second-order valence-corrected chi connectivity index (χ2v) is 6.19. The van der Waals surface area contributed by atoms with Crippen LogP contribution in [0.15, 0.2) is 0 Å². The van der Waals surface area contributed by atoms with Crippen LogP contribution in [0.3, 0.4) is 0 Å². The molecule has 2 rings (SSSR count). The molecular weight excluding hydrogens is 262 g/mol. The van der Waals surface area contributed by atoms with Gasteiger partial charge in [-0.05, 0) is 39.2 Å². The first-order valence-electron chi connectivity index (χ1n) is 7.08. The summed E-state index contributed by atoms with van der Waals surface area (Å²) in [6.07, 6.45) is 3.59. The van der Waals surface area contributed by atoms with Crippen molar-refractivity contribution in [3.63, 3.8) is 0 Å². The lowest BCUT2D eigenvalue weighted by Gasteiger charge is -2.22. The van der Waals surface area contributed by atoms with Crippen LogP contribution >= 0.6 is 11.6 Å². The van der Waals surface area contributed by atoms with E-state index < -0.39 is 5.60 Å². The van der Waals surface area contributed by atoms with Crippen LogP contribution in [0.2, 0.25) is 5.02 Å². The third-order valence-corrected chi connectivity index (χ3v) is 4.47. The Balaban J connectivity index is 2.07. The summed E-state index contributed by atoms with van der Waals surface area (Å²) in [6, 6.07) is 0. The van der Waals surface area contributed by atoms with Gasteiger partial charge in [0.05, 0.1) is 22.0 Å². The Bertz CT molecular complexity index is 442. The minimum absolute atomic E-state index is 0.514. The Hall–Kier alpha value is -0.580. The highest BCUT2D eigenvalue weighted by Gasteiger charge is 2.26. The van der Waals surface area contributed by atoms with Gasteiger partial charge in [-0.15, -0.1) is 0 Å². The van der Waals surface area contributed by atoms with Crippen LogP contribution < -0.4 is 0 Å². The molecule has 1 atom stereocenters. The van der Waals surface area contributed by atoms with Crippen molar-refractivity contribution >= 4 is 11.6 Å². The fourth-order valence-corrected chi connectivity index (χ4v) is 3.03. The largest absolute Gasteiger partial charge is 0.390 e. The number of hydrogen-bond donors (Lipinski definition) is 1. The van der Waals surface area contributed by atoms with Crippen molar-refractivity contribution in [1.29, 1.82) is 0 Å². The van der Waals surface area contributed by atoms with Gasteiger partial charge in [0.1, 0.15) is 0 Å². The number of halogens is 1. The summed E-state index contributed by atoms with van der Waals surface area (Å²) in [4.78, 5) is 2.36. The first-order chi connectivity index (χ1) is 8.93. The molecule has 0 saturated carbocycles. The van der Waals surface area contributed by atoms with E-state index in [1.807, 2.05) is 18.7 Å². The van der Waals surface area contributed by atoms with Crippen molar-refractivity contribution in [2.24, 2.45) is 7.05 Å². The van der Waals surface area contributed by atoms with Gasteiger partial charge in [-0.1, -0.05) is 18.5 Å². The van der Waals surface area contributed by atoms with E-state index in [9.17, 15) is 5.11 Å². The second-order valence-electron chi connectivity index (χ2n) is 5.81. The average Bonchev–Trinajstić information content (AvgIpc) is 2.51. The van der Waals surface area contributed by atoms with Crippen LogP contribution in [0.25, 0.3) is 0 Å². The first-order valence-corrected chi connectivity index (χ1v) is 7.45. The van der Waals surface area contributed by atoms with E-state index in [4.69, 9.17) is 11.6 Å². The van der Waals surface area contributed by atoms with Crippen molar-refractivity contribution in [3.8, 4) is 0 Å². The number of likely N-dealkylation sites (tertiary alicyclic amines) is 1. The highest BCUT2D eigenvalue weighted by atomic mass is 35.5. The molecule has 5 heteroatoms. The lowest BCUT2D eigenvalue weighted by molar-refractivity contribution is 0.0443.